The zero-order chi connectivity index (χ0) is 14.1. The van der Waals surface area contributed by atoms with Crippen molar-refractivity contribution >= 4 is 11.9 Å². The lowest BCUT2D eigenvalue weighted by atomic mass is 9.92. The van der Waals surface area contributed by atoms with Crippen LogP contribution in [0.2, 0.25) is 0 Å². The largest absolute Gasteiger partial charge is 0.481 e. The highest BCUT2D eigenvalue weighted by molar-refractivity contribution is 5.79. The Bertz CT molecular complexity index is 387. The van der Waals surface area contributed by atoms with Gasteiger partial charge in [-0.15, -0.1) is 0 Å². The van der Waals surface area contributed by atoms with Gasteiger partial charge in [0.2, 0.25) is 5.91 Å². The fraction of sp³-hybridized carbons (Fsp3) is 0.867. The predicted octanol–water partition coefficient (Wildman–Crippen LogP) is 1.51. The number of carboxylic acid groups (broad SMARTS) is 1. The third-order valence-electron chi connectivity index (χ3n) is 4.94. The molecule has 5 nitrogen and oxygen atoms in total. The SMILES string of the molecule is O=C(O)[C@H]1CN(C(=O)CC2CCCCO2)C[C@@H]1C1CC1. The number of hydrogen-bond donors (Lipinski definition) is 1. The lowest BCUT2D eigenvalue weighted by molar-refractivity contribution is -0.142. The number of rotatable bonds is 4. The van der Waals surface area contributed by atoms with Gasteiger partial charge in [0.25, 0.3) is 0 Å². The number of amides is 1. The molecular weight excluding hydrogens is 258 g/mol. The number of carbonyl (C=O) groups is 2. The molecule has 3 atom stereocenters. The number of nitrogens with zero attached hydrogens (tertiary/aromatic N) is 1. The maximum Gasteiger partial charge on any atom is 0.308 e. The van der Waals surface area contributed by atoms with Crippen LogP contribution in [0.25, 0.3) is 0 Å². The monoisotopic (exact) mass is 281 g/mol. The summed E-state index contributed by atoms with van der Waals surface area (Å²) in [5.41, 5.74) is 0. The van der Waals surface area contributed by atoms with Crippen molar-refractivity contribution in [1.82, 2.24) is 4.90 Å². The van der Waals surface area contributed by atoms with Gasteiger partial charge in [0.05, 0.1) is 18.4 Å². The summed E-state index contributed by atoms with van der Waals surface area (Å²) in [4.78, 5) is 25.4. The Morgan fingerprint density at radius 2 is 1.95 bits per heavy atom. The van der Waals surface area contributed by atoms with Crippen LogP contribution < -0.4 is 0 Å². The summed E-state index contributed by atoms with van der Waals surface area (Å²) < 4.78 is 5.61. The van der Waals surface area contributed by atoms with Crippen LogP contribution >= 0.6 is 0 Å². The van der Waals surface area contributed by atoms with E-state index in [1.54, 1.807) is 4.90 Å². The van der Waals surface area contributed by atoms with Crippen molar-refractivity contribution in [1.29, 1.82) is 0 Å². The zero-order valence-electron chi connectivity index (χ0n) is 11.8. The molecule has 1 N–H and O–H groups in total. The highest BCUT2D eigenvalue weighted by Crippen LogP contribution is 2.44. The average Bonchev–Trinajstić information content (AvgIpc) is 3.18. The van der Waals surface area contributed by atoms with E-state index < -0.39 is 5.97 Å². The molecule has 0 spiro atoms. The van der Waals surface area contributed by atoms with Crippen LogP contribution in [0, 0.1) is 17.8 Å². The predicted molar refractivity (Wildman–Crippen MR) is 72.1 cm³/mol. The van der Waals surface area contributed by atoms with Crippen molar-refractivity contribution in [2.24, 2.45) is 17.8 Å². The van der Waals surface area contributed by atoms with Gasteiger partial charge in [0.15, 0.2) is 0 Å². The summed E-state index contributed by atoms with van der Waals surface area (Å²) in [5.74, 6) is -0.334. The first-order chi connectivity index (χ1) is 9.65. The molecule has 1 amide bonds. The molecular formula is C15H23NO4. The number of ether oxygens (including phenoxy) is 1. The molecule has 3 aliphatic rings. The second kappa shape index (κ2) is 5.72. The normalized spacial score (nSPS) is 34.2. The molecule has 3 rings (SSSR count). The lowest BCUT2D eigenvalue weighted by Crippen LogP contribution is -2.34. The minimum Gasteiger partial charge on any atom is -0.481 e. The Morgan fingerprint density at radius 3 is 2.55 bits per heavy atom. The van der Waals surface area contributed by atoms with E-state index in [0.29, 0.717) is 25.4 Å². The fourth-order valence-corrected chi connectivity index (χ4v) is 3.59. The number of carboxylic acids is 1. The van der Waals surface area contributed by atoms with E-state index in [2.05, 4.69) is 0 Å². The van der Waals surface area contributed by atoms with Crippen LogP contribution in [-0.4, -0.2) is 47.7 Å². The number of likely N-dealkylation sites (tertiary alicyclic amines) is 1. The van der Waals surface area contributed by atoms with Crippen molar-refractivity contribution in [2.75, 3.05) is 19.7 Å². The number of aliphatic carboxylic acids is 1. The molecule has 1 saturated carbocycles. The third kappa shape index (κ3) is 2.97. The van der Waals surface area contributed by atoms with E-state index in [0.717, 1.165) is 38.7 Å². The average molecular weight is 281 g/mol. The maximum atomic E-state index is 12.3. The summed E-state index contributed by atoms with van der Waals surface area (Å²) in [5, 5.41) is 9.32. The van der Waals surface area contributed by atoms with Gasteiger partial charge in [0.1, 0.15) is 0 Å². The molecule has 0 aromatic heterocycles. The third-order valence-corrected chi connectivity index (χ3v) is 4.94. The van der Waals surface area contributed by atoms with Gasteiger partial charge in [-0.05, 0) is 43.9 Å². The van der Waals surface area contributed by atoms with Crippen LogP contribution in [0.4, 0.5) is 0 Å². The first-order valence-corrected chi connectivity index (χ1v) is 7.77. The van der Waals surface area contributed by atoms with Gasteiger partial charge >= 0.3 is 5.97 Å². The van der Waals surface area contributed by atoms with Gasteiger partial charge in [-0.1, -0.05) is 0 Å². The van der Waals surface area contributed by atoms with Gasteiger partial charge in [-0.25, -0.2) is 0 Å². The van der Waals surface area contributed by atoms with Crippen molar-refractivity contribution in [2.45, 2.75) is 44.6 Å². The van der Waals surface area contributed by atoms with Crippen molar-refractivity contribution < 1.29 is 19.4 Å². The van der Waals surface area contributed by atoms with E-state index in [1.807, 2.05) is 0 Å². The van der Waals surface area contributed by atoms with E-state index in [4.69, 9.17) is 4.74 Å². The van der Waals surface area contributed by atoms with Crippen LogP contribution in [0.5, 0.6) is 0 Å². The minimum absolute atomic E-state index is 0.0412. The van der Waals surface area contributed by atoms with Gasteiger partial charge in [-0.2, -0.15) is 0 Å². The van der Waals surface area contributed by atoms with E-state index in [-0.39, 0.29) is 23.8 Å². The Kier molecular flexibility index (Phi) is 3.96. The van der Waals surface area contributed by atoms with E-state index in [1.165, 1.54) is 0 Å². The van der Waals surface area contributed by atoms with Gasteiger partial charge in [-0.3, -0.25) is 9.59 Å². The second-order valence-corrected chi connectivity index (χ2v) is 6.44. The first-order valence-electron chi connectivity index (χ1n) is 7.77. The molecule has 1 unspecified atom stereocenters. The van der Waals surface area contributed by atoms with Crippen molar-refractivity contribution in [3.8, 4) is 0 Å². The van der Waals surface area contributed by atoms with Crippen LogP contribution in [-0.2, 0) is 14.3 Å². The van der Waals surface area contributed by atoms with Crippen molar-refractivity contribution in [3.63, 3.8) is 0 Å². The summed E-state index contributed by atoms with van der Waals surface area (Å²) in [6, 6.07) is 0. The molecule has 0 aromatic carbocycles. The first kappa shape index (κ1) is 13.9. The molecule has 2 saturated heterocycles. The number of hydrogen-bond acceptors (Lipinski definition) is 3. The Labute approximate surface area is 119 Å². The minimum atomic E-state index is -0.744. The molecule has 0 bridgehead atoms. The second-order valence-electron chi connectivity index (χ2n) is 6.44. The molecule has 0 aromatic rings. The standard InChI is InChI=1S/C15H23NO4/c17-14(7-11-3-1-2-6-20-11)16-8-12(10-4-5-10)13(9-16)15(18)19/h10-13H,1-9H2,(H,18,19)/t11?,12-,13+/m1/s1. The topological polar surface area (TPSA) is 66.8 Å². The Balaban J connectivity index is 1.56. The molecule has 3 fully saturated rings. The lowest BCUT2D eigenvalue weighted by Gasteiger charge is -2.24. The molecule has 1 aliphatic carbocycles. The summed E-state index contributed by atoms with van der Waals surface area (Å²) in [7, 11) is 0. The summed E-state index contributed by atoms with van der Waals surface area (Å²) in [6.45, 7) is 1.77. The van der Waals surface area contributed by atoms with E-state index >= 15 is 0 Å². The molecule has 5 heteroatoms. The Morgan fingerprint density at radius 1 is 1.15 bits per heavy atom. The zero-order valence-corrected chi connectivity index (χ0v) is 11.8. The Hall–Kier alpha value is -1.10. The summed E-state index contributed by atoms with van der Waals surface area (Å²) >= 11 is 0. The maximum absolute atomic E-state index is 12.3. The fourth-order valence-electron chi connectivity index (χ4n) is 3.59. The van der Waals surface area contributed by atoms with Crippen molar-refractivity contribution in [3.05, 3.63) is 0 Å². The summed E-state index contributed by atoms with van der Waals surface area (Å²) in [6.07, 6.45) is 5.88. The highest BCUT2D eigenvalue weighted by atomic mass is 16.5. The van der Waals surface area contributed by atoms with E-state index in [9.17, 15) is 14.7 Å². The molecule has 0 radical (unpaired) electrons. The molecule has 2 heterocycles. The molecule has 112 valence electrons. The highest BCUT2D eigenvalue weighted by Gasteiger charge is 2.46. The smallest absolute Gasteiger partial charge is 0.308 e. The number of carbonyl (C=O) groups excluding carboxylic acids is 1. The van der Waals surface area contributed by atoms with Crippen LogP contribution in [0.3, 0.4) is 0 Å². The van der Waals surface area contributed by atoms with Crippen LogP contribution in [0.15, 0.2) is 0 Å². The molecule has 2 aliphatic heterocycles. The van der Waals surface area contributed by atoms with Gasteiger partial charge in [0, 0.05) is 19.7 Å². The van der Waals surface area contributed by atoms with Crippen LogP contribution in [0.1, 0.15) is 38.5 Å². The molecule has 20 heavy (non-hydrogen) atoms. The quantitative estimate of drug-likeness (QED) is 0.848. The van der Waals surface area contributed by atoms with Gasteiger partial charge < -0.3 is 14.7 Å².